The second-order valence-electron chi connectivity index (χ2n) is 3.42. The molecule has 0 heterocycles. The Hall–Kier alpha value is -1.47. The maximum atomic E-state index is 11.3. The molecule has 1 unspecified atom stereocenters. The first kappa shape index (κ1) is 18.5. The number of rotatable bonds is 10. The average molecular weight is 308 g/mol. The van der Waals surface area contributed by atoms with Crippen LogP contribution >= 0.6 is 7.82 Å². The molecule has 0 aliphatic carbocycles. The van der Waals surface area contributed by atoms with Crippen molar-refractivity contribution in [3.8, 4) is 0 Å². The topological polar surface area (TPSA) is 108 Å². The number of esters is 2. The second-order valence-corrected chi connectivity index (χ2v) is 4.88. The fourth-order valence-corrected chi connectivity index (χ4v) is 1.49. The molecule has 0 bridgehead atoms. The van der Waals surface area contributed by atoms with Gasteiger partial charge in [-0.3, -0.25) is 9.05 Å². The lowest BCUT2D eigenvalue weighted by atomic mass is 10.4. The molecular formula is C11H17O8P. The van der Waals surface area contributed by atoms with Crippen molar-refractivity contribution in [1.29, 1.82) is 0 Å². The zero-order valence-electron chi connectivity index (χ0n) is 11.1. The van der Waals surface area contributed by atoms with E-state index in [1.54, 1.807) is 0 Å². The smallest absolute Gasteiger partial charge is 0.460 e. The number of hydrogen-bond donors (Lipinski definition) is 1. The SMILES string of the molecule is C=CC(=O)OCCOP(=O)(O)OCCOC(=O)C(=C)C. The van der Waals surface area contributed by atoms with E-state index in [1.165, 1.54) is 6.92 Å². The van der Waals surface area contributed by atoms with Crippen molar-refractivity contribution >= 4 is 19.8 Å². The van der Waals surface area contributed by atoms with Crippen molar-refractivity contribution < 1.29 is 37.6 Å². The minimum Gasteiger partial charge on any atom is -0.460 e. The van der Waals surface area contributed by atoms with Crippen molar-refractivity contribution in [3.05, 3.63) is 24.8 Å². The van der Waals surface area contributed by atoms with Gasteiger partial charge in [0.2, 0.25) is 0 Å². The van der Waals surface area contributed by atoms with Crippen LogP contribution in [0.2, 0.25) is 0 Å². The Bertz CT molecular complexity index is 417. The standard InChI is InChI=1S/C11H17O8P/c1-4-10(12)16-5-7-18-20(14,15)19-8-6-17-11(13)9(2)3/h4H,1-2,5-8H2,3H3,(H,14,15). The number of ether oxygens (including phenoxy) is 2. The van der Waals surface area contributed by atoms with Crippen molar-refractivity contribution in [1.82, 2.24) is 0 Å². The molecule has 0 saturated carbocycles. The molecule has 0 radical (unpaired) electrons. The predicted octanol–water partition coefficient (Wildman–Crippen LogP) is 0.968. The summed E-state index contributed by atoms with van der Waals surface area (Å²) in [6.45, 7) is 6.92. The van der Waals surface area contributed by atoms with E-state index in [9.17, 15) is 19.0 Å². The fraction of sp³-hybridized carbons (Fsp3) is 0.455. The summed E-state index contributed by atoms with van der Waals surface area (Å²) in [4.78, 5) is 30.8. The molecule has 8 nitrogen and oxygen atoms in total. The number of phosphoric ester groups is 1. The fourth-order valence-electron chi connectivity index (χ4n) is 0.801. The molecule has 0 saturated heterocycles. The number of phosphoric acid groups is 1. The van der Waals surface area contributed by atoms with Crippen LogP contribution in [-0.2, 0) is 32.7 Å². The normalized spacial score (nSPS) is 13.1. The monoisotopic (exact) mass is 308 g/mol. The summed E-state index contributed by atoms with van der Waals surface area (Å²) < 4.78 is 29.5. The van der Waals surface area contributed by atoms with Crippen LogP contribution in [-0.4, -0.2) is 43.3 Å². The molecule has 20 heavy (non-hydrogen) atoms. The van der Waals surface area contributed by atoms with Gasteiger partial charge < -0.3 is 14.4 Å². The van der Waals surface area contributed by atoms with E-state index in [4.69, 9.17) is 0 Å². The van der Waals surface area contributed by atoms with Crippen LogP contribution < -0.4 is 0 Å². The molecule has 0 aliphatic rings. The van der Waals surface area contributed by atoms with Gasteiger partial charge in [0, 0.05) is 11.6 Å². The molecule has 0 rings (SSSR count). The highest BCUT2D eigenvalue weighted by molar-refractivity contribution is 7.47. The zero-order chi connectivity index (χ0) is 15.6. The lowest BCUT2D eigenvalue weighted by Gasteiger charge is -2.12. The molecule has 114 valence electrons. The van der Waals surface area contributed by atoms with Gasteiger partial charge in [-0.2, -0.15) is 0 Å². The molecule has 0 fully saturated rings. The first-order valence-electron chi connectivity index (χ1n) is 5.52. The number of carbonyl (C=O) groups is 2. The molecule has 0 aromatic rings. The van der Waals surface area contributed by atoms with Crippen LogP contribution in [0.15, 0.2) is 24.8 Å². The van der Waals surface area contributed by atoms with Gasteiger partial charge in [0.15, 0.2) is 0 Å². The van der Waals surface area contributed by atoms with E-state index in [1.807, 2.05) is 0 Å². The Labute approximate surface area is 116 Å². The molecule has 0 amide bonds. The summed E-state index contributed by atoms with van der Waals surface area (Å²) in [5.74, 6) is -1.30. The molecular weight excluding hydrogens is 291 g/mol. The lowest BCUT2D eigenvalue weighted by molar-refractivity contribution is -0.139. The molecule has 1 atom stereocenters. The summed E-state index contributed by atoms with van der Waals surface area (Å²) in [5.41, 5.74) is 0.206. The molecule has 0 aliphatic heterocycles. The third-order valence-electron chi connectivity index (χ3n) is 1.67. The van der Waals surface area contributed by atoms with Crippen LogP contribution in [0, 0.1) is 0 Å². The highest BCUT2D eigenvalue weighted by atomic mass is 31.2. The van der Waals surface area contributed by atoms with Crippen molar-refractivity contribution in [2.75, 3.05) is 26.4 Å². The van der Waals surface area contributed by atoms with Crippen molar-refractivity contribution in [3.63, 3.8) is 0 Å². The van der Waals surface area contributed by atoms with Crippen molar-refractivity contribution in [2.45, 2.75) is 6.92 Å². The highest BCUT2D eigenvalue weighted by Crippen LogP contribution is 2.42. The van der Waals surface area contributed by atoms with Gasteiger partial charge in [-0.1, -0.05) is 13.2 Å². The Balaban J connectivity index is 3.76. The van der Waals surface area contributed by atoms with Crippen LogP contribution in [0.1, 0.15) is 6.92 Å². The quantitative estimate of drug-likeness (QED) is 0.275. The highest BCUT2D eigenvalue weighted by Gasteiger charge is 2.21. The first-order chi connectivity index (χ1) is 9.28. The Morgan fingerprint density at radius 2 is 1.65 bits per heavy atom. The van der Waals surface area contributed by atoms with Gasteiger partial charge in [0.1, 0.15) is 13.2 Å². The zero-order valence-corrected chi connectivity index (χ0v) is 12.0. The minimum absolute atomic E-state index is 0.206. The summed E-state index contributed by atoms with van der Waals surface area (Å²) in [5, 5.41) is 0. The minimum atomic E-state index is -4.28. The Morgan fingerprint density at radius 3 is 2.10 bits per heavy atom. The van der Waals surface area contributed by atoms with E-state index >= 15 is 0 Å². The van der Waals surface area contributed by atoms with E-state index in [2.05, 4.69) is 31.7 Å². The number of carbonyl (C=O) groups excluding carboxylic acids is 2. The van der Waals surface area contributed by atoms with E-state index in [0.29, 0.717) is 0 Å². The van der Waals surface area contributed by atoms with E-state index < -0.39 is 19.8 Å². The van der Waals surface area contributed by atoms with Crippen LogP contribution in [0.5, 0.6) is 0 Å². The van der Waals surface area contributed by atoms with Gasteiger partial charge in [0.25, 0.3) is 0 Å². The summed E-state index contributed by atoms with van der Waals surface area (Å²) in [6.07, 6.45) is 0.949. The summed E-state index contributed by atoms with van der Waals surface area (Å²) in [6, 6.07) is 0. The van der Waals surface area contributed by atoms with Crippen LogP contribution in [0.4, 0.5) is 0 Å². The lowest BCUT2D eigenvalue weighted by Crippen LogP contribution is -2.12. The Kier molecular flexibility index (Phi) is 8.74. The van der Waals surface area contributed by atoms with Gasteiger partial charge in [-0.05, 0) is 6.92 Å². The van der Waals surface area contributed by atoms with Crippen LogP contribution in [0.25, 0.3) is 0 Å². The predicted molar refractivity (Wildman–Crippen MR) is 68.7 cm³/mol. The third-order valence-corrected chi connectivity index (χ3v) is 2.69. The van der Waals surface area contributed by atoms with Crippen molar-refractivity contribution in [2.24, 2.45) is 0 Å². The maximum Gasteiger partial charge on any atom is 0.472 e. The maximum absolute atomic E-state index is 11.3. The van der Waals surface area contributed by atoms with Gasteiger partial charge >= 0.3 is 19.8 Å². The third kappa shape index (κ3) is 9.46. The summed E-state index contributed by atoms with van der Waals surface area (Å²) >= 11 is 0. The number of hydrogen-bond acceptors (Lipinski definition) is 7. The summed E-state index contributed by atoms with van der Waals surface area (Å²) in [7, 11) is -4.28. The second kappa shape index (κ2) is 9.44. The average Bonchev–Trinajstić information content (AvgIpc) is 2.39. The molecule has 0 aromatic heterocycles. The van der Waals surface area contributed by atoms with Gasteiger partial charge in [-0.25, -0.2) is 14.2 Å². The molecule has 0 spiro atoms. The molecule has 9 heteroatoms. The van der Waals surface area contributed by atoms with Gasteiger partial charge in [-0.15, -0.1) is 0 Å². The van der Waals surface area contributed by atoms with E-state index in [0.717, 1.165) is 6.08 Å². The van der Waals surface area contributed by atoms with Crippen LogP contribution in [0.3, 0.4) is 0 Å². The first-order valence-corrected chi connectivity index (χ1v) is 7.01. The molecule has 0 aromatic carbocycles. The van der Waals surface area contributed by atoms with Gasteiger partial charge in [0.05, 0.1) is 13.2 Å². The van der Waals surface area contributed by atoms with E-state index in [-0.39, 0.29) is 32.0 Å². The Morgan fingerprint density at radius 1 is 1.15 bits per heavy atom. The molecule has 1 N–H and O–H groups in total. The largest absolute Gasteiger partial charge is 0.472 e.